The molecule has 1 amide bonds. The molecule has 116 valence electrons. The predicted molar refractivity (Wildman–Crippen MR) is 85.1 cm³/mol. The van der Waals surface area contributed by atoms with E-state index in [4.69, 9.17) is 0 Å². The summed E-state index contributed by atoms with van der Waals surface area (Å²) in [4.78, 5) is 24.9. The van der Waals surface area contributed by atoms with Gasteiger partial charge in [-0.3, -0.25) is 4.79 Å². The minimum absolute atomic E-state index is 0.127. The van der Waals surface area contributed by atoms with Crippen LogP contribution in [0.4, 0.5) is 11.4 Å². The van der Waals surface area contributed by atoms with Gasteiger partial charge in [-0.05, 0) is 31.5 Å². The molecule has 0 radical (unpaired) electrons. The molecule has 0 saturated heterocycles. The number of carbonyl (C=O) groups is 2. The molecule has 0 atom stereocenters. The summed E-state index contributed by atoms with van der Waals surface area (Å²) < 4.78 is 0. The number of nitrogens with zero attached hydrogens (tertiary/aromatic N) is 1. The number of rotatable bonds is 8. The van der Waals surface area contributed by atoms with Crippen LogP contribution in [0.25, 0.3) is 0 Å². The maximum Gasteiger partial charge on any atom is 0.337 e. The molecule has 0 fully saturated rings. The lowest BCUT2D eigenvalue weighted by Crippen LogP contribution is -2.26. The highest BCUT2D eigenvalue weighted by atomic mass is 16.4. The van der Waals surface area contributed by atoms with Crippen LogP contribution < -0.4 is 10.2 Å². The molecular weight excluding hydrogens is 268 g/mol. The van der Waals surface area contributed by atoms with E-state index in [0.29, 0.717) is 17.8 Å². The van der Waals surface area contributed by atoms with Crippen LogP contribution in [0.1, 0.15) is 50.4 Å². The fourth-order valence-corrected chi connectivity index (χ4v) is 2.11. The number of aromatic carboxylic acids is 1. The number of carbonyl (C=O) groups excluding carboxylic acids is 1. The largest absolute Gasteiger partial charge is 0.478 e. The maximum absolute atomic E-state index is 11.5. The van der Waals surface area contributed by atoms with Crippen LogP contribution in [0.3, 0.4) is 0 Å². The highest BCUT2D eigenvalue weighted by Gasteiger charge is 2.16. The monoisotopic (exact) mass is 292 g/mol. The molecule has 0 saturated carbocycles. The van der Waals surface area contributed by atoms with Crippen LogP contribution in [-0.2, 0) is 4.79 Å². The second-order valence-electron chi connectivity index (χ2n) is 4.87. The number of anilines is 2. The molecule has 0 aliphatic carbocycles. The van der Waals surface area contributed by atoms with Crippen molar-refractivity contribution < 1.29 is 14.7 Å². The second kappa shape index (κ2) is 8.29. The van der Waals surface area contributed by atoms with Gasteiger partial charge in [0, 0.05) is 25.2 Å². The van der Waals surface area contributed by atoms with Gasteiger partial charge in [0.25, 0.3) is 0 Å². The first-order valence-corrected chi connectivity index (χ1v) is 7.45. The van der Waals surface area contributed by atoms with Gasteiger partial charge in [-0.1, -0.05) is 20.3 Å². The molecule has 0 aromatic heterocycles. The number of benzene rings is 1. The SMILES string of the molecule is CCCCN(CC)c1ccc(NC(=O)CC)cc1C(=O)O. The van der Waals surface area contributed by atoms with Gasteiger partial charge in [0.2, 0.25) is 5.91 Å². The van der Waals surface area contributed by atoms with E-state index in [1.807, 2.05) is 6.92 Å². The predicted octanol–water partition coefficient (Wildman–Crippen LogP) is 3.36. The van der Waals surface area contributed by atoms with Crippen LogP contribution in [-0.4, -0.2) is 30.1 Å². The van der Waals surface area contributed by atoms with E-state index in [9.17, 15) is 14.7 Å². The van der Waals surface area contributed by atoms with Gasteiger partial charge in [0.05, 0.1) is 11.3 Å². The van der Waals surface area contributed by atoms with Crippen molar-refractivity contribution in [3.63, 3.8) is 0 Å². The number of carboxylic acids is 1. The molecule has 0 spiro atoms. The van der Waals surface area contributed by atoms with Crippen molar-refractivity contribution in [3.05, 3.63) is 23.8 Å². The van der Waals surface area contributed by atoms with Gasteiger partial charge in [-0.25, -0.2) is 4.79 Å². The molecule has 1 rings (SSSR count). The highest BCUT2D eigenvalue weighted by molar-refractivity contribution is 5.98. The Labute approximate surface area is 126 Å². The molecule has 0 aliphatic rings. The summed E-state index contributed by atoms with van der Waals surface area (Å²) in [5.74, 6) is -1.11. The summed E-state index contributed by atoms with van der Waals surface area (Å²) in [6, 6.07) is 5.05. The zero-order valence-corrected chi connectivity index (χ0v) is 13.0. The van der Waals surface area contributed by atoms with Gasteiger partial charge in [-0.15, -0.1) is 0 Å². The minimum Gasteiger partial charge on any atom is -0.478 e. The summed E-state index contributed by atoms with van der Waals surface area (Å²) in [5.41, 5.74) is 1.45. The molecular formula is C16H24N2O3. The summed E-state index contributed by atoms with van der Waals surface area (Å²) >= 11 is 0. The van der Waals surface area contributed by atoms with Crippen molar-refractivity contribution in [1.82, 2.24) is 0 Å². The van der Waals surface area contributed by atoms with E-state index < -0.39 is 5.97 Å². The van der Waals surface area contributed by atoms with Gasteiger partial charge in [-0.2, -0.15) is 0 Å². The first-order chi connectivity index (χ1) is 10.0. The highest BCUT2D eigenvalue weighted by Crippen LogP contribution is 2.25. The molecule has 0 heterocycles. The zero-order chi connectivity index (χ0) is 15.8. The molecule has 5 heteroatoms. The Kier molecular flexibility index (Phi) is 6.72. The molecule has 1 aromatic carbocycles. The molecule has 2 N–H and O–H groups in total. The number of nitrogens with one attached hydrogen (secondary N) is 1. The quantitative estimate of drug-likeness (QED) is 0.771. The van der Waals surface area contributed by atoms with E-state index in [0.717, 1.165) is 25.9 Å². The Bertz CT molecular complexity index is 500. The second-order valence-corrected chi connectivity index (χ2v) is 4.87. The summed E-state index contributed by atoms with van der Waals surface area (Å²) in [7, 11) is 0. The summed E-state index contributed by atoms with van der Waals surface area (Å²) in [6.45, 7) is 7.45. The Balaban J connectivity index is 3.08. The Hall–Kier alpha value is -2.04. The molecule has 21 heavy (non-hydrogen) atoms. The Morgan fingerprint density at radius 3 is 2.48 bits per heavy atom. The van der Waals surface area contributed by atoms with Crippen LogP contribution in [0.5, 0.6) is 0 Å². The van der Waals surface area contributed by atoms with Crippen molar-refractivity contribution in [2.75, 3.05) is 23.3 Å². The third kappa shape index (κ3) is 4.77. The number of carboxylic acid groups (broad SMARTS) is 1. The third-order valence-electron chi connectivity index (χ3n) is 3.34. The first-order valence-electron chi connectivity index (χ1n) is 7.45. The molecule has 0 unspecified atom stereocenters. The maximum atomic E-state index is 11.5. The summed E-state index contributed by atoms with van der Waals surface area (Å²) in [6.07, 6.45) is 2.44. The van der Waals surface area contributed by atoms with Crippen LogP contribution >= 0.6 is 0 Å². The number of hydrogen-bond donors (Lipinski definition) is 2. The zero-order valence-electron chi connectivity index (χ0n) is 13.0. The van der Waals surface area contributed by atoms with Crippen LogP contribution in [0, 0.1) is 0 Å². The number of unbranched alkanes of at least 4 members (excludes halogenated alkanes) is 1. The normalized spacial score (nSPS) is 10.2. The third-order valence-corrected chi connectivity index (χ3v) is 3.34. The number of hydrogen-bond acceptors (Lipinski definition) is 3. The average molecular weight is 292 g/mol. The molecule has 0 bridgehead atoms. The molecule has 0 aliphatic heterocycles. The van der Waals surface area contributed by atoms with Crippen LogP contribution in [0.2, 0.25) is 0 Å². The standard InChI is InChI=1S/C16H24N2O3/c1-4-7-10-18(6-3)14-9-8-12(17-15(19)5-2)11-13(14)16(20)21/h8-9,11H,4-7,10H2,1-3H3,(H,17,19)(H,20,21). The Morgan fingerprint density at radius 2 is 1.95 bits per heavy atom. The van der Waals surface area contributed by atoms with E-state index >= 15 is 0 Å². The topological polar surface area (TPSA) is 69.6 Å². The smallest absolute Gasteiger partial charge is 0.337 e. The average Bonchev–Trinajstić information content (AvgIpc) is 2.48. The van der Waals surface area contributed by atoms with Crippen LogP contribution in [0.15, 0.2) is 18.2 Å². The summed E-state index contributed by atoms with van der Waals surface area (Å²) in [5, 5.41) is 12.1. The fourth-order valence-electron chi connectivity index (χ4n) is 2.11. The number of amides is 1. The van der Waals surface area contributed by atoms with Crippen molar-refractivity contribution in [1.29, 1.82) is 0 Å². The van der Waals surface area contributed by atoms with Gasteiger partial charge in [0.1, 0.15) is 0 Å². The van der Waals surface area contributed by atoms with Crippen molar-refractivity contribution in [2.45, 2.75) is 40.0 Å². The fraction of sp³-hybridized carbons (Fsp3) is 0.500. The molecule has 5 nitrogen and oxygen atoms in total. The lowest BCUT2D eigenvalue weighted by molar-refractivity contribution is -0.115. The van der Waals surface area contributed by atoms with E-state index in [1.54, 1.807) is 19.1 Å². The van der Waals surface area contributed by atoms with E-state index in [-0.39, 0.29) is 11.5 Å². The van der Waals surface area contributed by atoms with E-state index in [2.05, 4.69) is 17.1 Å². The van der Waals surface area contributed by atoms with Gasteiger partial charge >= 0.3 is 5.97 Å². The van der Waals surface area contributed by atoms with E-state index in [1.165, 1.54) is 6.07 Å². The lowest BCUT2D eigenvalue weighted by Gasteiger charge is -2.25. The molecule has 1 aromatic rings. The van der Waals surface area contributed by atoms with Crippen molar-refractivity contribution in [3.8, 4) is 0 Å². The minimum atomic E-state index is -0.979. The lowest BCUT2D eigenvalue weighted by atomic mass is 10.1. The van der Waals surface area contributed by atoms with Gasteiger partial charge in [0.15, 0.2) is 0 Å². The Morgan fingerprint density at radius 1 is 1.24 bits per heavy atom. The van der Waals surface area contributed by atoms with Gasteiger partial charge < -0.3 is 15.3 Å². The van der Waals surface area contributed by atoms with Crippen molar-refractivity contribution >= 4 is 23.3 Å². The first kappa shape index (κ1) is 17.0. The van der Waals surface area contributed by atoms with Crippen molar-refractivity contribution in [2.24, 2.45) is 0 Å².